The van der Waals surface area contributed by atoms with E-state index in [-0.39, 0.29) is 12.5 Å². The third-order valence-corrected chi connectivity index (χ3v) is 5.02. The fourth-order valence-corrected chi connectivity index (χ4v) is 3.61. The van der Waals surface area contributed by atoms with Crippen LogP contribution in [0.15, 0.2) is 0 Å². The van der Waals surface area contributed by atoms with Gasteiger partial charge in [-0.1, -0.05) is 0 Å². The Bertz CT molecular complexity index is 392. The van der Waals surface area contributed by atoms with Gasteiger partial charge in [-0.25, -0.2) is 4.79 Å². The van der Waals surface area contributed by atoms with Crippen LogP contribution in [-0.2, 0) is 9.53 Å². The minimum absolute atomic E-state index is 0.227. The predicted octanol–water partition coefficient (Wildman–Crippen LogP) is -0.103. The first kappa shape index (κ1) is 16.7. The van der Waals surface area contributed by atoms with Gasteiger partial charge in [0.15, 0.2) is 0 Å². The van der Waals surface area contributed by atoms with E-state index < -0.39 is 23.3 Å². The van der Waals surface area contributed by atoms with Crippen molar-refractivity contribution in [3.8, 4) is 0 Å². The highest BCUT2D eigenvalue weighted by Crippen LogP contribution is 2.34. The molecule has 21 heavy (non-hydrogen) atoms. The molecule has 2 heterocycles. The van der Waals surface area contributed by atoms with Gasteiger partial charge in [-0.15, -0.1) is 0 Å². The lowest BCUT2D eigenvalue weighted by atomic mass is 9.81. The molecule has 2 saturated heterocycles. The van der Waals surface area contributed by atoms with E-state index in [1.165, 1.54) is 27.2 Å². The molecule has 3 N–H and O–H groups in total. The number of fused-ring (bicyclic) bond motifs is 1. The maximum Gasteiger partial charge on any atom is 0.343 e. The Kier molecular flexibility index (Phi) is 4.63. The van der Waals surface area contributed by atoms with Crippen LogP contribution in [0.3, 0.4) is 0 Å². The third-order valence-electron chi connectivity index (χ3n) is 5.02. The van der Waals surface area contributed by atoms with Crippen molar-refractivity contribution in [1.29, 1.82) is 0 Å². The molecule has 2 aliphatic rings. The van der Waals surface area contributed by atoms with Crippen LogP contribution in [0, 0.1) is 5.92 Å². The summed E-state index contributed by atoms with van der Waals surface area (Å²) in [5.74, 6) is -0.682. The molecule has 0 aromatic heterocycles. The lowest BCUT2D eigenvalue weighted by Gasteiger charge is -2.38. The molecule has 2 rings (SSSR count). The Morgan fingerprint density at radius 1 is 1.33 bits per heavy atom. The predicted molar refractivity (Wildman–Crippen MR) is 76.6 cm³/mol. The standard InChI is InChI=1S/C15H27NO5/c1-10(17)15(20,14(2,3)19)13(18)21-9-11-6-8-16-7-4-5-12(11)16/h10-12,17,19-20H,4-9H2,1-3H3/t10?,11?,12?,15-/m1/s1. The summed E-state index contributed by atoms with van der Waals surface area (Å²) >= 11 is 0. The molecule has 0 bridgehead atoms. The maximum atomic E-state index is 12.2. The number of ether oxygens (including phenoxy) is 1. The molecule has 0 aromatic rings. The first-order chi connectivity index (χ1) is 9.68. The van der Waals surface area contributed by atoms with Gasteiger partial charge in [-0.3, -0.25) is 4.90 Å². The first-order valence-electron chi connectivity index (χ1n) is 7.72. The van der Waals surface area contributed by atoms with Crippen LogP contribution in [-0.4, -0.2) is 69.2 Å². The van der Waals surface area contributed by atoms with Crippen LogP contribution >= 0.6 is 0 Å². The van der Waals surface area contributed by atoms with Gasteiger partial charge in [-0.2, -0.15) is 0 Å². The average Bonchev–Trinajstić information content (AvgIpc) is 2.96. The number of esters is 1. The molecule has 6 heteroatoms. The van der Waals surface area contributed by atoms with E-state index >= 15 is 0 Å². The van der Waals surface area contributed by atoms with Crippen LogP contribution in [0.4, 0.5) is 0 Å². The van der Waals surface area contributed by atoms with Gasteiger partial charge in [0.25, 0.3) is 0 Å². The Balaban J connectivity index is 1.97. The molecule has 0 amide bonds. The smallest absolute Gasteiger partial charge is 0.343 e. The summed E-state index contributed by atoms with van der Waals surface area (Å²) in [7, 11) is 0. The quantitative estimate of drug-likeness (QED) is 0.614. The van der Waals surface area contributed by atoms with Crippen molar-refractivity contribution in [2.45, 2.75) is 63.4 Å². The highest BCUT2D eigenvalue weighted by Gasteiger charge is 2.54. The zero-order valence-corrected chi connectivity index (χ0v) is 13.1. The summed E-state index contributed by atoms with van der Waals surface area (Å²) in [5.41, 5.74) is -4.10. The van der Waals surface area contributed by atoms with E-state index in [0.29, 0.717) is 6.04 Å². The second-order valence-corrected chi connectivity index (χ2v) is 6.89. The fourth-order valence-electron chi connectivity index (χ4n) is 3.61. The average molecular weight is 301 g/mol. The number of rotatable bonds is 5. The molecule has 0 aromatic carbocycles. The summed E-state index contributed by atoms with van der Waals surface area (Å²) in [6, 6.07) is 0.458. The fraction of sp³-hybridized carbons (Fsp3) is 0.933. The van der Waals surface area contributed by atoms with Crippen molar-refractivity contribution in [2.75, 3.05) is 19.7 Å². The number of aliphatic hydroxyl groups is 3. The van der Waals surface area contributed by atoms with E-state index in [1.807, 2.05) is 0 Å². The summed E-state index contributed by atoms with van der Waals surface area (Å²) in [6.45, 7) is 6.21. The zero-order chi connectivity index (χ0) is 15.8. The van der Waals surface area contributed by atoms with Gasteiger partial charge < -0.3 is 20.1 Å². The van der Waals surface area contributed by atoms with Gasteiger partial charge in [0.1, 0.15) is 5.60 Å². The lowest BCUT2D eigenvalue weighted by molar-refractivity contribution is -0.214. The van der Waals surface area contributed by atoms with Crippen LogP contribution in [0.1, 0.15) is 40.0 Å². The molecule has 0 spiro atoms. The van der Waals surface area contributed by atoms with Gasteiger partial charge in [0.05, 0.1) is 12.7 Å². The Morgan fingerprint density at radius 2 is 2.00 bits per heavy atom. The van der Waals surface area contributed by atoms with E-state index in [0.717, 1.165) is 25.9 Å². The number of aliphatic hydroxyl groups excluding tert-OH is 1. The lowest BCUT2D eigenvalue weighted by Crippen LogP contribution is -2.63. The first-order valence-corrected chi connectivity index (χ1v) is 7.72. The van der Waals surface area contributed by atoms with Crippen molar-refractivity contribution in [3.05, 3.63) is 0 Å². The van der Waals surface area contributed by atoms with E-state index in [4.69, 9.17) is 4.74 Å². The second-order valence-electron chi connectivity index (χ2n) is 6.89. The minimum atomic E-state index is -2.32. The summed E-state index contributed by atoms with van der Waals surface area (Å²) in [4.78, 5) is 14.6. The van der Waals surface area contributed by atoms with Gasteiger partial charge in [-0.05, 0) is 53.1 Å². The summed E-state index contributed by atoms with van der Waals surface area (Å²) < 4.78 is 5.25. The molecule has 0 radical (unpaired) electrons. The Hall–Kier alpha value is -0.690. The molecule has 0 saturated carbocycles. The minimum Gasteiger partial charge on any atom is -0.463 e. The molecule has 3 unspecified atom stereocenters. The zero-order valence-electron chi connectivity index (χ0n) is 13.1. The molecule has 0 aliphatic carbocycles. The van der Waals surface area contributed by atoms with Crippen molar-refractivity contribution < 1.29 is 24.9 Å². The van der Waals surface area contributed by atoms with Gasteiger partial charge in [0.2, 0.25) is 5.60 Å². The molecule has 6 nitrogen and oxygen atoms in total. The van der Waals surface area contributed by atoms with Crippen molar-refractivity contribution in [1.82, 2.24) is 4.90 Å². The van der Waals surface area contributed by atoms with Crippen molar-refractivity contribution >= 4 is 5.97 Å². The Labute approximate surface area is 125 Å². The largest absolute Gasteiger partial charge is 0.463 e. The molecule has 122 valence electrons. The topological polar surface area (TPSA) is 90.2 Å². The number of carbonyl (C=O) groups excluding carboxylic acids is 1. The Morgan fingerprint density at radius 3 is 2.57 bits per heavy atom. The van der Waals surface area contributed by atoms with Crippen LogP contribution < -0.4 is 0 Å². The highest BCUT2D eigenvalue weighted by atomic mass is 16.6. The summed E-state index contributed by atoms with van der Waals surface area (Å²) in [6.07, 6.45) is 1.86. The van der Waals surface area contributed by atoms with Gasteiger partial charge in [0, 0.05) is 12.0 Å². The molecular weight excluding hydrogens is 274 g/mol. The maximum absolute atomic E-state index is 12.2. The number of nitrogens with zero attached hydrogens (tertiary/aromatic N) is 1. The van der Waals surface area contributed by atoms with Gasteiger partial charge >= 0.3 is 5.97 Å². The monoisotopic (exact) mass is 301 g/mol. The molecular formula is C15H27NO5. The number of hydrogen-bond donors (Lipinski definition) is 3. The summed E-state index contributed by atoms with van der Waals surface area (Å²) in [5, 5.41) is 30.1. The molecule has 2 aliphatic heterocycles. The second kappa shape index (κ2) is 5.83. The number of hydrogen-bond acceptors (Lipinski definition) is 6. The van der Waals surface area contributed by atoms with E-state index in [9.17, 15) is 20.1 Å². The van der Waals surface area contributed by atoms with Crippen molar-refractivity contribution in [3.63, 3.8) is 0 Å². The van der Waals surface area contributed by atoms with Crippen LogP contribution in [0.25, 0.3) is 0 Å². The van der Waals surface area contributed by atoms with Crippen molar-refractivity contribution in [2.24, 2.45) is 5.92 Å². The molecule has 4 atom stereocenters. The SMILES string of the molecule is CC(O)[C@@](O)(C(=O)OCC1CCN2CCCC12)C(C)(C)O. The van der Waals surface area contributed by atoms with Crippen LogP contribution in [0.2, 0.25) is 0 Å². The third kappa shape index (κ3) is 2.95. The number of carbonyl (C=O) groups is 1. The highest BCUT2D eigenvalue weighted by molar-refractivity contribution is 5.81. The normalized spacial score (nSPS) is 30.8. The van der Waals surface area contributed by atoms with E-state index in [1.54, 1.807) is 0 Å². The molecule has 2 fully saturated rings. The van der Waals surface area contributed by atoms with E-state index in [2.05, 4.69) is 4.90 Å². The van der Waals surface area contributed by atoms with Crippen LogP contribution in [0.5, 0.6) is 0 Å².